The Labute approximate surface area is 178 Å². The number of rotatable bonds is 12. The zero-order chi connectivity index (χ0) is 20.4. The summed E-state index contributed by atoms with van der Waals surface area (Å²) in [6, 6.07) is 9.68. The summed E-state index contributed by atoms with van der Waals surface area (Å²) in [5, 5.41) is 24.3. The number of amides is 1. The molecular weight excluding hydrogens is 444 g/mol. The number of carbonyl (C=O) groups is 1. The summed E-state index contributed by atoms with van der Waals surface area (Å²) in [5.41, 5.74) is 1.01. The van der Waals surface area contributed by atoms with E-state index in [1.807, 2.05) is 35.7 Å². The van der Waals surface area contributed by atoms with Crippen molar-refractivity contribution in [1.29, 1.82) is 0 Å². The second-order valence-corrected chi connectivity index (χ2v) is 8.27. The van der Waals surface area contributed by atoms with Crippen LogP contribution in [0.2, 0.25) is 0 Å². The summed E-state index contributed by atoms with van der Waals surface area (Å²) >= 11 is 4.92. The predicted molar refractivity (Wildman–Crippen MR) is 115 cm³/mol. The first kappa shape index (κ1) is 22.8. The highest BCUT2D eigenvalue weighted by Gasteiger charge is 2.11. The van der Waals surface area contributed by atoms with Gasteiger partial charge in [0.1, 0.15) is 11.9 Å². The van der Waals surface area contributed by atoms with Crippen LogP contribution in [0.5, 0.6) is 5.75 Å². The number of likely N-dealkylation sites (N-methyl/N-ethyl adjacent to an activating group) is 1. The van der Waals surface area contributed by atoms with Crippen LogP contribution < -0.4 is 10.1 Å². The van der Waals surface area contributed by atoms with Gasteiger partial charge in [-0.3, -0.25) is 4.79 Å². The summed E-state index contributed by atoms with van der Waals surface area (Å²) < 4.78 is 6.82. The third-order valence-corrected chi connectivity index (χ3v) is 5.99. The van der Waals surface area contributed by atoms with Gasteiger partial charge in [-0.1, -0.05) is 18.2 Å². The third-order valence-electron chi connectivity index (χ3n) is 4.20. The van der Waals surface area contributed by atoms with Crippen molar-refractivity contribution in [2.45, 2.75) is 25.5 Å². The standard InChI is InChI=1S/C20H27BrN2O4S/c1-23(8-9-24)20(26)7-4-10-27-18-6-3-2-5-15(18)12-22-13-17(25)19-11-16(21)14-28-19/h2-3,5-6,11,14,17,22,24-25H,4,7-10,12-13H2,1H3. The molecule has 0 aliphatic rings. The number of para-hydroxylation sites is 1. The normalized spacial score (nSPS) is 12.0. The van der Waals surface area contributed by atoms with Crippen LogP contribution in [0.4, 0.5) is 0 Å². The van der Waals surface area contributed by atoms with E-state index < -0.39 is 6.10 Å². The molecule has 0 bridgehead atoms. The van der Waals surface area contributed by atoms with Gasteiger partial charge in [-0.15, -0.1) is 11.3 Å². The van der Waals surface area contributed by atoms with Crippen LogP contribution in [0, 0.1) is 0 Å². The molecule has 1 heterocycles. The minimum atomic E-state index is -0.550. The van der Waals surface area contributed by atoms with E-state index in [-0.39, 0.29) is 12.5 Å². The summed E-state index contributed by atoms with van der Waals surface area (Å²) in [5.74, 6) is 0.779. The Morgan fingerprint density at radius 3 is 2.89 bits per heavy atom. The summed E-state index contributed by atoms with van der Waals surface area (Å²) in [4.78, 5) is 14.3. The number of aliphatic hydroxyl groups is 2. The molecule has 0 fully saturated rings. The fourth-order valence-corrected chi connectivity index (χ4v) is 4.04. The topological polar surface area (TPSA) is 82.0 Å². The van der Waals surface area contributed by atoms with Crippen molar-refractivity contribution >= 4 is 33.2 Å². The second kappa shape index (κ2) is 12.2. The number of hydrogen-bond acceptors (Lipinski definition) is 6. The van der Waals surface area contributed by atoms with E-state index in [1.54, 1.807) is 7.05 Å². The molecule has 1 atom stereocenters. The average Bonchev–Trinajstić information content (AvgIpc) is 3.12. The van der Waals surface area contributed by atoms with Gasteiger partial charge in [-0.05, 0) is 34.5 Å². The maximum Gasteiger partial charge on any atom is 0.222 e. The molecule has 1 unspecified atom stereocenters. The van der Waals surface area contributed by atoms with Gasteiger partial charge < -0.3 is 25.2 Å². The Hall–Kier alpha value is -1.45. The van der Waals surface area contributed by atoms with Gasteiger partial charge in [0.05, 0.1) is 13.2 Å². The smallest absolute Gasteiger partial charge is 0.222 e. The monoisotopic (exact) mass is 470 g/mol. The van der Waals surface area contributed by atoms with E-state index in [0.717, 1.165) is 20.7 Å². The number of halogens is 1. The molecule has 0 saturated heterocycles. The van der Waals surface area contributed by atoms with E-state index in [9.17, 15) is 9.90 Å². The Balaban J connectivity index is 1.75. The molecule has 0 spiro atoms. The van der Waals surface area contributed by atoms with E-state index >= 15 is 0 Å². The minimum Gasteiger partial charge on any atom is -0.493 e. The van der Waals surface area contributed by atoms with E-state index in [0.29, 0.717) is 39.1 Å². The van der Waals surface area contributed by atoms with Crippen molar-refractivity contribution in [2.75, 3.05) is 33.4 Å². The Kier molecular flexibility index (Phi) is 9.94. The molecule has 8 heteroatoms. The predicted octanol–water partition coefficient (Wildman–Crippen LogP) is 2.94. The van der Waals surface area contributed by atoms with Crippen LogP contribution in [0.3, 0.4) is 0 Å². The Morgan fingerprint density at radius 2 is 2.18 bits per heavy atom. The number of aliphatic hydroxyl groups excluding tert-OH is 2. The fourth-order valence-electron chi connectivity index (χ4n) is 2.61. The molecule has 1 aromatic carbocycles. The molecular formula is C20H27BrN2O4S. The van der Waals surface area contributed by atoms with Crippen molar-refractivity contribution in [2.24, 2.45) is 0 Å². The highest BCUT2D eigenvalue weighted by molar-refractivity contribution is 9.10. The van der Waals surface area contributed by atoms with Crippen molar-refractivity contribution in [3.05, 3.63) is 50.6 Å². The maximum atomic E-state index is 11.9. The number of benzene rings is 1. The van der Waals surface area contributed by atoms with Crippen molar-refractivity contribution in [3.8, 4) is 5.75 Å². The lowest BCUT2D eigenvalue weighted by atomic mass is 10.2. The van der Waals surface area contributed by atoms with Crippen molar-refractivity contribution in [3.63, 3.8) is 0 Å². The molecule has 154 valence electrons. The zero-order valence-electron chi connectivity index (χ0n) is 15.9. The number of ether oxygens (including phenoxy) is 1. The van der Waals surface area contributed by atoms with Crippen LogP contribution in [0.25, 0.3) is 0 Å². The average molecular weight is 471 g/mol. The first-order chi connectivity index (χ1) is 13.5. The number of hydrogen-bond donors (Lipinski definition) is 3. The number of nitrogens with zero attached hydrogens (tertiary/aromatic N) is 1. The third kappa shape index (κ3) is 7.52. The van der Waals surface area contributed by atoms with Crippen LogP contribution >= 0.6 is 27.3 Å². The lowest BCUT2D eigenvalue weighted by Gasteiger charge is -2.16. The van der Waals surface area contributed by atoms with Crippen LogP contribution in [0.15, 0.2) is 40.2 Å². The quantitative estimate of drug-likeness (QED) is 0.415. The van der Waals surface area contributed by atoms with E-state index in [2.05, 4.69) is 21.2 Å². The minimum absolute atomic E-state index is 0.00167. The molecule has 0 aliphatic heterocycles. The van der Waals surface area contributed by atoms with Crippen LogP contribution in [-0.2, 0) is 11.3 Å². The SMILES string of the molecule is CN(CCO)C(=O)CCCOc1ccccc1CNCC(O)c1cc(Br)cs1. The molecule has 0 aliphatic carbocycles. The van der Waals surface area contributed by atoms with Crippen molar-refractivity contribution < 1.29 is 19.7 Å². The molecule has 0 saturated carbocycles. The fraction of sp³-hybridized carbons (Fsp3) is 0.450. The first-order valence-corrected chi connectivity index (χ1v) is 10.9. The summed E-state index contributed by atoms with van der Waals surface area (Å²) in [6.07, 6.45) is 0.452. The largest absolute Gasteiger partial charge is 0.493 e. The number of nitrogens with one attached hydrogen (secondary N) is 1. The molecule has 2 rings (SSSR count). The molecule has 0 radical (unpaired) electrons. The lowest BCUT2D eigenvalue weighted by Crippen LogP contribution is -2.29. The van der Waals surface area contributed by atoms with Crippen LogP contribution in [-0.4, -0.2) is 54.4 Å². The van der Waals surface area contributed by atoms with E-state index in [1.165, 1.54) is 16.2 Å². The molecule has 1 aromatic heterocycles. The van der Waals surface area contributed by atoms with Gasteiger partial charge in [0.25, 0.3) is 0 Å². The van der Waals surface area contributed by atoms with Crippen LogP contribution in [0.1, 0.15) is 29.4 Å². The lowest BCUT2D eigenvalue weighted by molar-refractivity contribution is -0.130. The van der Waals surface area contributed by atoms with Gasteiger partial charge >= 0.3 is 0 Å². The number of thiophene rings is 1. The summed E-state index contributed by atoms with van der Waals surface area (Å²) in [6.45, 7) is 1.80. The molecule has 3 N–H and O–H groups in total. The first-order valence-electron chi connectivity index (χ1n) is 9.19. The van der Waals surface area contributed by atoms with Gasteiger partial charge in [0.15, 0.2) is 0 Å². The maximum absolute atomic E-state index is 11.9. The Bertz CT molecular complexity index is 741. The van der Waals surface area contributed by atoms with Gasteiger partial charge in [-0.25, -0.2) is 0 Å². The highest BCUT2D eigenvalue weighted by atomic mass is 79.9. The second-order valence-electron chi connectivity index (χ2n) is 6.41. The highest BCUT2D eigenvalue weighted by Crippen LogP contribution is 2.25. The van der Waals surface area contributed by atoms with E-state index in [4.69, 9.17) is 9.84 Å². The number of carbonyl (C=O) groups excluding carboxylic acids is 1. The van der Waals surface area contributed by atoms with Crippen molar-refractivity contribution in [1.82, 2.24) is 10.2 Å². The van der Waals surface area contributed by atoms with Gasteiger partial charge in [-0.2, -0.15) is 0 Å². The van der Waals surface area contributed by atoms with Gasteiger partial charge in [0.2, 0.25) is 5.91 Å². The molecule has 6 nitrogen and oxygen atoms in total. The molecule has 2 aromatic rings. The Morgan fingerprint density at radius 1 is 1.39 bits per heavy atom. The molecule has 28 heavy (non-hydrogen) atoms. The van der Waals surface area contributed by atoms with Gasteiger partial charge in [0, 0.05) is 53.4 Å². The summed E-state index contributed by atoms with van der Waals surface area (Å²) in [7, 11) is 1.68. The molecule has 1 amide bonds. The zero-order valence-corrected chi connectivity index (χ0v) is 18.3.